The molecule has 1 aliphatic carbocycles. The molecule has 0 bridgehead atoms. The van der Waals surface area contributed by atoms with Crippen molar-refractivity contribution in [2.24, 2.45) is 5.73 Å². The van der Waals surface area contributed by atoms with Crippen LogP contribution in [0.4, 0.5) is 0 Å². The van der Waals surface area contributed by atoms with E-state index in [1.54, 1.807) is 0 Å². The molecular formula is C16H28N2O. The molecule has 19 heavy (non-hydrogen) atoms. The second-order valence-electron chi connectivity index (χ2n) is 6.06. The second kappa shape index (κ2) is 6.58. The molecule has 1 aromatic rings. The average Bonchev–Trinajstić information content (AvgIpc) is 2.65. The first kappa shape index (κ1) is 14.6. The molecule has 0 saturated heterocycles. The minimum absolute atomic E-state index is 0.0822. The van der Waals surface area contributed by atoms with Crippen LogP contribution in [0.15, 0.2) is 16.5 Å². The van der Waals surface area contributed by atoms with E-state index in [1.807, 2.05) is 13.0 Å². The minimum Gasteiger partial charge on any atom is -0.465 e. The molecule has 0 aliphatic heterocycles. The Bertz CT molecular complexity index is 378. The van der Waals surface area contributed by atoms with Crippen molar-refractivity contribution < 1.29 is 4.42 Å². The molecule has 3 heteroatoms. The van der Waals surface area contributed by atoms with Crippen LogP contribution in [-0.4, -0.2) is 24.0 Å². The zero-order chi connectivity index (χ0) is 13.8. The number of rotatable bonds is 4. The van der Waals surface area contributed by atoms with Crippen LogP contribution in [0.5, 0.6) is 0 Å². The van der Waals surface area contributed by atoms with Crippen molar-refractivity contribution in [3.63, 3.8) is 0 Å². The Kier molecular flexibility index (Phi) is 5.06. The van der Waals surface area contributed by atoms with Crippen molar-refractivity contribution in [2.75, 3.05) is 7.05 Å². The first-order chi connectivity index (χ1) is 9.09. The zero-order valence-electron chi connectivity index (χ0n) is 12.6. The van der Waals surface area contributed by atoms with Gasteiger partial charge in [0.25, 0.3) is 0 Å². The van der Waals surface area contributed by atoms with Gasteiger partial charge in [-0.25, -0.2) is 0 Å². The Labute approximate surface area is 117 Å². The third-order valence-corrected chi connectivity index (χ3v) is 4.39. The maximum atomic E-state index is 6.22. The number of hydrogen-bond acceptors (Lipinski definition) is 3. The Morgan fingerprint density at radius 3 is 2.32 bits per heavy atom. The molecule has 1 heterocycles. The highest BCUT2D eigenvalue weighted by Crippen LogP contribution is 2.30. The smallest absolute Gasteiger partial charge is 0.122 e. The summed E-state index contributed by atoms with van der Waals surface area (Å²) in [6.07, 6.45) is 8.04. The van der Waals surface area contributed by atoms with Gasteiger partial charge in [-0.05, 0) is 45.9 Å². The number of aryl methyl sites for hydroxylation is 1. The molecule has 2 N–H and O–H groups in total. The zero-order valence-corrected chi connectivity index (χ0v) is 12.6. The van der Waals surface area contributed by atoms with Gasteiger partial charge in [-0.2, -0.15) is 0 Å². The van der Waals surface area contributed by atoms with Gasteiger partial charge in [0.1, 0.15) is 11.5 Å². The topological polar surface area (TPSA) is 42.4 Å². The summed E-state index contributed by atoms with van der Waals surface area (Å²) >= 11 is 0. The lowest BCUT2D eigenvalue weighted by molar-refractivity contribution is 0.123. The predicted molar refractivity (Wildman–Crippen MR) is 79.1 cm³/mol. The fourth-order valence-electron chi connectivity index (χ4n) is 3.34. The van der Waals surface area contributed by atoms with Crippen LogP contribution >= 0.6 is 0 Å². The van der Waals surface area contributed by atoms with E-state index in [0.29, 0.717) is 6.04 Å². The van der Waals surface area contributed by atoms with Gasteiger partial charge in [-0.3, -0.25) is 4.90 Å². The van der Waals surface area contributed by atoms with Gasteiger partial charge in [-0.1, -0.05) is 25.7 Å². The summed E-state index contributed by atoms with van der Waals surface area (Å²) in [5, 5.41) is 0. The van der Waals surface area contributed by atoms with Crippen LogP contribution in [0.3, 0.4) is 0 Å². The van der Waals surface area contributed by atoms with Crippen molar-refractivity contribution in [3.8, 4) is 0 Å². The molecule has 2 atom stereocenters. The van der Waals surface area contributed by atoms with Gasteiger partial charge < -0.3 is 10.2 Å². The summed E-state index contributed by atoms with van der Waals surface area (Å²) in [5.41, 5.74) is 6.22. The van der Waals surface area contributed by atoms with E-state index < -0.39 is 0 Å². The Balaban J connectivity index is 2.13. The monoisotopic (exact) mass is 264 g/mol. The molecular weight excluding hydrogens is 236 g/mol. The Morgan fingerprint density at radius 2 is 1.84 bits per heavy atom. The van der Waals surface area contributed by atoms with Gasteiger partial charge >= 0.3 is 0 Å². The van der Waals surface area contributed by atoms with Crippen LogP contribution in [0.2, 0.25) is 0 Å². The highest BCUT2D eigenvalue weighted by atomic mass is 16.3. The van der Waals surface area contributed by atoms with Crippen molar-refractivity contribution in [1.29, 1.82) is 0 Å². The lowest BCUT2D eigenvalue weighted by Crippen LogP contribution is -2.42. The maximum Gasteiger partial charge on any atom is 0.122 e. The summed E-state index contributed by atoms with van der Waals surface area (Å²) in [6.45, 7) is 4.07. The van der Waals surface area contributed by atoms with Crippen molar-refractivity contribution in [1.82, 2.24) is 4.90 Å². The molecule has 1 aliphatic rings. The van der Waals surface area contributed by atoms with Crippen LogP contribution in [0.25, 0.3) is 0 Å². The van der Waals surface area contributed by atoms with E-state index in [1.165, 1.54) is 38.5 Å². The Morgan fingerprint density at radius 1 is 1.21 bits per heavy atom. The fraction of sp³-hybridized carbons (Fsp3) is 0.750. The summed E-state index contributed by atoms with van der Waals surface area (Å²) < 4.78 is 5.83. The summed E-state index contributed by atoms with van der Waals surface area (Å²) in [6, 6.07) is 5.03. The normalized spacial score (nSPS) is 21.3. The van der Waals surface area contributed by atoms with Crippen LogP contribution in [-0.2, 0) is 0 Å². The first-order valence-corrected chi connectivity index (χ1v) is 7.63. The lowest BCUT2D eigenvalue weighted by atomic mass is 10.0. The van der Waals surface area contributed by atoms with E-state index in [0.717, 1.165) is 11.5 Å². The number of hydrogen-bond donors (Lipinski definition) is 1. The molecule has 1 fully saturated rings. The van der Waals surface area contributed by atoms with Gasteiger partial charge in [0.2, 0.25) is 0 Å². The van der Waals surface area contributed by atoms with Crippen molar-refractivity contribution in [3.05, 3.63) is 23.7 Å². The molecule has 0 amide bonds. The van der Waals surface area contributed by atoms with Crippen LogP contribution in [0, 0.1) is 6.92 Å². The molecule has 2 unspecified atom stereocenters. The standard InChI is InChI=1S/C16H28N2O/c1-12-10-11-15(19-12)16(13(2)17)18(3)14-8-6-4-5-7-9-14/h10-11,13-14,16H,4-9,17H2,1-3H3. The van der Waals surface area contributed by atoms with Crippen LogP contribution in [0.1, 0.15) is 63.0 Å². The number of nitrogens with two attached hydrogens (primary N) is 1. The third-order valence-electron chi connectivity index (χ3n) is 4.39. The predicted octanol–water partition coefficient (Wildman–Crippen LogP) is 3.63. The van der Waals surface area contributed by atoms with Gasteiger partial charge in [0, 0.05) is 12.1 Å². The van der Waals surface area contributed by atoms with E-state index in [4.69, 9.17) is 10.2 Å². The summed E-state index contributed by atoms with van der Waals surface area (Å²) in [7, 11) is 2.21. The maximum absolute atomic E-state index is 6.22. The lowest BCUT2D eigenvalue weighted by Gasteiger charge is -2.35. The molecule has 1 saturated carbocycles. The molecule has 2 rings (SSSR count). The summed E-state index contributed by atoms with van der Waals surface area (Å²) in [4.78, 5) is 2.45. The number of furan rings is 1. The minimum atomic E-state index is 0.0822. The molecule has 108 valence electrons. The third kappa shape index (κ3) is 3.61. The highest BCUT2D eigenvalue weighted by Gasteiger charge is 2.29. The van der Waals surface area contributed by atoms with E-state index in [-0.39, 0.29) is 12.1 Å². The van der Waals surface area contributed by atoms with Crippen molar-refractivity contribution in [2.45, 2.75) is 70.5 Å². The Hall–Kier alpha value is -0.800. The SMILES string of the molecule is Cc1ccc(C(C(C)N)N(C)C2CCCCCC2)o1. The molecule has 3 nitrogen and oxygen atoms in total. The van der Waals surface area contributed by atoms with E-state index in [2.05, 4.69) is 24.9 Å². The van der Waals surface area contributed by atoms with Crippen LogP contribution < -0.4 is 5.73 Å². The molecule has 0 aromatic carbocycles. The van der Waals surface area contributed by atoms with Crippen molar-refractivity contribution >= 4 is 0 Å². The number of nitrogens with zero attached hydrogens (tertiary/aromatic N) is 1. The van der Waals surface area contributed by atoms with E-state index in [9.17, 15) is 0 Å². The molecule has 0 spiro atoms. The molecule has 0 radical (unpaired) electrons. The van der Waals surface area contributed by atoms with E-state index >= 15 is 0 Å². The number of likely N-dealkylation sites (N-methyl/N-ethyl adjacent to an activating group) is 1. The van der Waals surface area contributed by atoms with Gasteiger partial charge in [0.05, 0.1) is 6.04 Å². The quantitative estimate of drug-likeness (QED) is 0.844. The van der Waals surface area contributed by atoms with Gasteiger partial charge in [-0.15, -0.1) is 0 Å². The first-order valence-electron chi connectivity index (χ1n) is 7.63. The van der Waals surface area contributed by atoms with Gasteiger partial charge in [0.15, 0.2) is 0 Å². The highest BCUT2D eigenvalue weighted by molar-refractivity contribution is 5.12. The summed E-state index contributed by atoms with van der Waals surface area (Å²) in [5.74, 6) is 1.98. The fourth-order valence-corrected chi connectivity index (χ4v) is 3.34. The second-order valence-corrected chi connectivity index (χ2v) is 6.06. The average molecular weight is 264 g/mol. The largest absolute Gasteiger partial charge is 0.465 e. The molecule has 1 aromatic heterocycles.